The van der Waals surface area contributed by atoms with Crippen LogP contribution in [0.15, 0.2) is 36.7 Å². The Hall–Kier alpha value is -4.82. The van der Waals surface area contributed by atoms with E-state index in [4.69, 9.17) is 37.4 Å². The first kappa shape index (κ1) is 36.0. The van der Waals surface area contributed by atoms with Gasteiger partial charge in [-0.2, -0.15) is 10.1 Å². The number of benzene rings is 2. The van der Waals surface area contributed by atoms with Crippen LogP contribution < -0.4 is 14.5 Å². The minimum absolute atomic E-state index is 0.0137. The van der Waals surface area contributed by atoms with E-state index in [1.807, 2.05) is 0 Å². The number of rotatable bonds is 5. The minimum atomic E-state index is -1.34. The van der Waals surface area contributed by atoms with Crippen LogP contribution in [0.2, 0.25) is 10.3 Å². The molecule has 0 spiro atoms. The van der Waals surface area contributed by atoms with E-state index in [-0.39, 0.29) is 68.4 Å². The fourth-order valence-electron chi connectivity index (χ4n) is 5.97. The van der Waals surface area contributed by atoms with Gasteiger partial charge in [0.05, 0.1) is 28.7 Å². The van der Waals surface area contributed by atoms with Crippen LogP contribution in [-0.4, -0.2) is 68.2 Å². The highest BCUT2D eigenvalue weighted by Gasteiger charge is 2.40. The molecule has 6 rings (SSSR count). The molecule has 0 saturated carbocycles. The fourth-order valence-corrected chi connectivity index (χ4v) is 6.47. The van der Waals surface area contributed by atoms with Crippen molar-refractivity contribution in [2.45, 2.75) is 58.8 Å². The number of nitrogens with zero attached hydrogens (tertiary/aromatic N) is 7. The first-order chi connectivity index (χ1) is 23.9. The maximum Gasteiger partial charge on any atom is 0.415 e. The Morgan fingerprint density at radius 1 is 1.02 bits per heavy atom. The topological polar surface area (TPSA) is 125 Å². The van der Waals surface area contributed by atoms with Gasteiger partial charge in [-0.15, -0.1) is 0 Å². The van der Waals surface area contributed by atoms with Crippen molar-refractivity contribution < 1.29 is 32.6 Å². The number of amides is 1. The second-order valence-electron chi connectivity index (χ2n) is 13.9. The maximum atomic E-state index is 17.0. The second-order valence-corrected chi connectivity index (χ2v) is 14.6. The second kappa shape index (κ2) is 13.1. The zero-order valence-electron chi connectivity index (χ0n) is 29.1. The lowest BCUT2D eigenvalue weighted by Crippen LogP contribution is -2.42. The molecule has 4 heterocycles. The number of hydrogen-bond donors (Lipinski definition) is 0. The highest BCUT2D eigenvalue weighted by Crippen LogP contribution is 2.50. The van der Waals surface area contributed by atoms with Crippen molar-refractivity contribution in [3.8, 4) is 16.9 Å². The van der Waals surface area contributed by atoms with Crippen LogP contribution in [0.25, 0.3) is 32.9 Å². The number of aromatic nitrogens is 5. The van der Waals surface area contributed by atoms with Gasteiger partial charge >= 0.3 is 12.1 Å². The van der Waals surface area contributed by atoms with Gasteiger partial charge in [-0.1, -0.05) is 17.7 Å². The van der Waals surface area contributed by atoms with Gasteiger partial charge in [0, 0.05) is 42.4 Å². The Morgan fingerprint density at radius 3 is 2.41 bits per heavy atom. The number of hydrogen-bond acceptors (Lipinski definition) is 10. The lowest BCUT2D eigenvalue weighted by molar-refractivity contribution is -0.156. The molecule has 1 aliphatic heterocycles. The normalized spacial score (nSPS) is 13.9. The summed E-state index contributed by atoms with van der Waals surface area (Å²) in [7, 11) is 3.06. The van der Waals surface area contributed by atoms with Crippen molar-refractivity contribution in [3.05, 3.63) is 64.2 Å². The van der Waals surface area contributed by atoms with E-state index in [1.165, 1.54) is 46.1 Å². The molecule has 16 heteroatoms. The number of esters is 1. The summed E-state index contributed by atoms with van der Waals surface area (Å²) in [5.41, 5.74) is -2.03. The molecule has 3 aromatic heterocycles. The standard InChI is InChI=1S/C35H35Cl2F2N7O5/c1-34(2,3)50-31(47)27(18-10-9-13-40-29(18)44(7)33(48)51-35(4,5)6)46-14-15-49-28-22-25(42-32(37)43-30(22)46)24(39)21(23(28)36)20-19(38)12-11-17-16-41-45(8)26(17)20/h9-13,16,27H,14-15H2,1-8H3/t27-/m0/s1. The Bertz CT molecular complexity index is 2220. The fraction of sp³-hybridized carbons (Fsp3) is 0.371. The van der Waals surface area contributed by atoms with Crippen molar-refractivity contribution in [3.63, 3.8) is 0 Å². The van der Waals surface area contributed by atoms with E-state index in [0.717, 1.165) is 0 Å². The number of fused-ring (bicyclic) bond motifs is 1. The third-order valence-electron chi connectivity index (χ3n) is 7.93. The Kier molecular flexibility index (Phi) is 9.21. The van der Waals surface area contributed by atoms with Gasteiger partial charge < -0.3 is 19.1 Å². The maximum absolute atomic E-state index is 17.0. The number of carbonyl (C=O) groups is 2. The van der Waals surface area contributed by atoms with Gasteiger partial charge in [0.2, 0.25) is 5.28 Å². The van der Waals surface area contributed by atoms with Crippen molar-refractivity contribution in [1.82, 2.24) is 24.7 Å². The summed E-state index contributed by atoms with van der Waals surface area (Å²) in [5, 5.41) is 4.12. The predicted molar refractivity (Wildman–Crippen MR) is 189 cm³/mol. The first-order valence-corrected chi connectivity index (χ1v) is 16.7. The van der Waals surface area contributed by atoms with Gasteiger partial charge in [0.25, 0.3) is 0 Å². The first-order valence-electron chi connectivity index (χ1n) is 15.9. The SMILES string of the molecule is CN(C(=O)OC(C)(C)C)c1ncccc1[C@@H](C(=O)OC(C)(C)C)N1CCOc2c(Cl)c(-c3c(F)ccc4cnn(C)c34)c(F)c3nc(Cl)nc1c23. The van der Waals surface area contributed by atoms with Crippen LogP contribution in [0.4, 0.5) is 25.2 Å². The summed E-state index contributed by atoms with van der Waals surface area (Å²) < 4.78 is 51.7. The summed E-state index contributed by atoms with van der Waals surface area (Å²) in [6.45, 7) is 10.1. The van der Waals surface area contributed by atoms with Crippen molar-refractivity contribution >= 4 is 68.7 Å². The molecule has 0 saturated heterocycles. The number of ether oxygens (including phenoxy) is 3. The summed E-state index contributed by atoms with van der Waals surface area (Å²) in [6, 6.07) is 4.59. The molecule has 2 aromatic carbocycles. The molecule has 51 heavy (non-hydrogen) atoms. The van der Waals surface area contributed by atoms with E-state index in [1.54, 1.807) is 60.7 Å². The summed E-state index contributed by atoms with van der Waals surface area (Å²) in [5.74, 6) is -2.47. The third kappa shape index (κ3) is 6.69. The molecule has 0 unspecified atom stereocenters. The lowest BCUT2D eigenvalue weighted by atomic mass is 9.98. The largest absolute Gasteiger partial charge is 0.489 e. The van der Waals surface area contributed by atoms with E-state index in [2.05, 4.69) is 20.1 Å². The van der Waals surface area contributed by atoms with Gasteiger partial charge in [0.15, 0.2) is 17.6 Å². The van der Waals surface area contributed by atoms with E-state index < -0.39 is 40.9 Å². The molecule has 1 amide bonds. The number of halogens is 4. The summed E-state index contributed by atoms with van der Waals surface area (Å²) >= 11 is 13.4. The van der Waals surface area contributed by atoms with Crippen molar-refractivity contribution in [2.24, 2.45) is 7.05 Å². The molecule has 1 aliphatic rings. The lowest BCUT2D eigenvalue weighted by Gasteiger charge is -2.34. The van der Waals surface area contributed by atoms with E-state index >= 15 is 8.78 Å². The average Bonchev–Trinajstić information content (AvgIpc) is 3.30. The average molecular weight is 743 g/mol. The third-order valence-corrected chi connectivity index (χ3v) is 8.46. The molecule has 12 nitrogen and oxygen atoms in total. The highest BCUT2D eigenvalue weighted by molar-refractivity contribution is 6.37. The van der Waals surface area contributed by atoms with Crippen molar-refractivity contribution in [1.29, 1.82) is 0 Å². The molecule has 268 valence electrons. The number of pyridine rings is 1. The van der Waals surface area contributed by atoms with E-state index in [9.17, 15) is 9.59 Å². The van der Waals surface area contributed by atoms with Crippen molar-refractivity contribution in [2.75, 3.05) is 30.0 Å². The molecular weight excluding hydrogens is 707 g/mol. The van der Waals surface area contributed by atoms with Crippen LogP contribution >= 0.6 is 23.2 Å². The molecule has 1 atom stereocenters. The molecule has 0 N–H and O–H groups in total. The van der Waals surface area contributed by atoms with Gasteiger partial charge in [0.1, 0.15) is 40.8 Å². The molecular formula is C35H35Cl2F2N7O5. The zero-order valence-corrected chi connectivity index (χ0v) is 30.7. The monoisotopic (exact) mass is 741 g/mol. The van der Waals surface area contributed by atoms with Gasteiger partial charge in [-0.25, -0.2) is 28.3 Å². The number of anilines is 2. The van der Waals surface area contributed by atoms with Crippen LogP contribution in [0.1, 0.15) is 53.1 Å². The number of carbonyl (C=O) groups excluding carboxylic acids is 2. The summed E-state index contributed by atoms with van der Waals surface area (Å²) in [6.07, 6.45) is 2.26. The van der Waals surface area contributed by atoms with Crippen LogP contribution in [0.3, 0.4) is 0 Å². The summed E-state index contributed by atoms with van der Waals surface area (Å²) in [4.78, 5) is 43.4. The molecule has 0 bridgehead atoms. The van der Waals surface area contributed by atoms with Crippen LogP contribution in [0.5, 0.6) is 5.75 Å². The molecule has 0 radical (unpaired) electrons. The Morgan fingerprint density at radius 2 is 1.73 bits per heavy atom. The molecule has 5 aromatic rings. The Labute approximate surface area is 302 Å². The van der Waals surface area contributed by atoms with Crippen LogP contribution in [-0.2, 0) is 21.3 Å². The predicted octanol–water partition coefficient (Wildman–Crippen LogP) is 7.82. The smallest absolute Gasteiger partial charge is 0.415 e. The number of aryl methyl sites for hydroxylation is 1. The van der Waals surface area contributed by atoms with Gasteiger partial charge in [-0.3, -0.25) is 9.58 Å². The highest BCUT2D eigenvalue weighted by atomic mass is 35.5. The molecule has 0 aliphatic carbocycles. The quantitative estimate of drug-likeness (QED) is 0.130. The minimum Gasteiger partial charge on any atom is -0.489 e. The molecule has 0 fully saturated rings. The van der Waals surface area contributed by atoms with Gasteiger partial charge in [-0.05, 0) is 71.3 Å². The van der Waals surface area contributed by atoms with E-state index in [0.29, 0.717) is 10.9 Å². The van der Waals surface area contributed by atoms with Crippen LogP contribution in [0, 0.1) is 11.6 Å². The Balaban J connectivity index is 1.61. The zero-order chi connectivity index (χ0) is 37.2.